The quantitative estimate of drug-likeness (QED) is 0.181. The lowest BCUT2D eigenvalue weighted by Crippen LogP contribution is -2.22. The third-order valence-corrected chi connectivity index (χ3v) is 7.70. The van der Waals surface area contributed by atoms with Gasteiger partial charge in [-0.15, -0.1) is 0 Å². The molecular formula is C26H28ClF2N5O2Si. The van der Waals surface area contributed by atoms with Crippen LogP contribution in [0.5, 0.6) is 0 Å². The second kappa shape index (κ2) is 11.0. The number of halogens is 3. The maximum absolute atomic E-state index is 13.6. The van der Waals surface area contributed by atoms with Gasteiger partial charge in [0.2, 0.25) is 5.91 Å². The second-order valence-electron chi connectivity index (χ2n) is 9.85. The Balaban J connectivity index is 1.96. The summed E-state index contributed by atoms with van der Waals surface area (Å²) < 4.78 is 35.1. The zero-order chi connectivity index (χ0) is 26.7. The molecule has 0 saturated carbocycles. The summed E-state index contributed by atoms with van der Waals surface area (Å²) in [5, 5.41) is 3.13. The van der Waals surface area contributed by atoms with Gasteiger partial charge in [-0.05, 0) is 36.4 Å². The summed E-state index contributed by atoms with van der Waals surface area (Å²) in [5.41, 5.74) is 2.92. The molecule has 0 aliphatic carbocycles. The molecule has 0 radical (unpaired) electrons. The van der Waals surface area contributed by atoms with Crippen LogP contribution in [0.2, 0.25) is 30.7 Å². The first kappa shape index (κ1) is 26.8. The number of pyridine rings is 3. The number of amides is 1. The maximum atomic E-state index is 13.6. The molecule has 4 rings (SSSR count). The first-order valence-corrected chi connectivity index (χ1v) is 15.9. The number of hydrogen-bond acceptors (Lipinski definition) is 5. The predicted octanol–water partition coefficient (Wildman–Crippen LogP) is 7.02. The summed E-state index contributed by atoms with van der Waals surface area (Å²) in [7, 11) is -1.33. The van der Waals surface area contributed by atoms with Crippen LogP contribution in [-0.4, -0.2) is 40.1 Å². The second-order valence-corrected chi connectivity index (χ2v) is 15.9. The number of anilines is 1. The van der Waals surface area contributed by atoms with Crippen molar-refractivity contribution in [3.63, 3.8) is 0 Å². The van der Waals surface area contributed by atoms with Gasteiger partial charge in [-0.1, -0.05) is 37.3 Å². The highest BCUT2D eigenvalue weighted by Gasteiger charge is 2.25. The minimum absolute atomic E-state index is 0.161. The van der Waals surface area contributed by atoms with Crippen molar-refractivity contribution in [2.75, 3.05) is 11.9 Å². The van der Waals surface area contributed by atoms with Gasteiger partial charge in [-0.3, -0.25) is 9.78 Å². The molecule has 4 aromatic heterocycles. The lowest BCUT2D eigenvalue weighted by Gasteiger charge is -2.17. The maximum Gasteiger partial charge on any atom is 0.280 e. The molecule has 0 unspecified atom stereocenters. The molecule has 0 saturated heterocycles. The van der Waals surface area contributed by atoms with Crippen LogP contribution in [0.3, 0.4) is 0 Å². The van der Waals surface area contributed by atoms with Crippen molar-refractivity contribution in [2.45, 2.75) is 45.8 Å². The number of alkyl halides is 2. The molecule has 1 amide bonds. The Morgan fingerprint density at radius 1 is 1.16 bits per heavy atom. The summed E-state index contributed by atoms with van der Waals surface area (Å²) in [5.74, 6) is 0.0804. The van der Waals surface area contributed by atoms with Crippen molar-refractivity contribution in [2.24, 2.45) is 0 Å². The largest absolute Gasteiger partial charge is 0.361 e. The minimum atomic E-state index is -2.73. The van der Waals surface area contributed by atoms with Gasteiger partial charge >= 0.3 is 0 Å². The highest BCUT2D eigenvalue weighted by molar-refractivity contribution is 6.76. The number of hydrogen-bond donors (Lipinski definition) is 1. The third kappa shape index (κ3) is 6.20. The van der Waals surface area contributed by atoms with E-state index in [1.54, 1.807) is 42.7 Å². The lowest BCUT2D eigenvalue weighted by atomic mass is 10.0. The Morgan fingerprint density at radius 3 is 2.62 bits per heavy atom. The Hall–Kier alpha value is -3.21. The molecule has 37 heavy (non-hydrogen) atoms. The van der Waals surface area contributed by atoms with E-state index in [4.69, 9.17) is 16.3 Å². The molecule has 0 aromatic carbocycles. The molecule has 194 valence electrons. The third-order valence-electron chi connectivity index (χ3n) is 5.69. The van der Waals surface area contributed by atoms with Gasteiger partial charge in [0.15, 0.2) is 0 Å². The van der Waals surface area contributed by atoms with E-state index in [0.717, 1.165) is 6.04 Å². The number of fused-ring (bicyclic) bond motifs is 1. The van der Waals surface area contributed by atoms with E-state index in [1.807, 2.05) is 4.57 Å². The Labute approximate surface area is 219 Å². The van der Waals surface area contributed by atoms with E-state index in [-0.39, 0.29) is 18.3 Å². The van der Waals surface area contributed by atoms with Crippen LogP contribution >= 0.6 is 11.6 Å². The SMILES string of the molecule is CC(=O)Nc1cc(-c2c(-c3cccc(C(F)F)n3)c3nccc(Cl)c3n2COCC[Si](C)(C)C)ccn1. The van der Waals surface area contributed by atoms with Crippen LogP contribution < -0.4 is 5.32 Å². The number of rotatable bonds is 9. The highest BCUT2D eigenvalue weighted by Crippen LogP contribution is 2.42. The van der Waals surface area contributed by atoms with Crippen molar-refractivity contribution >= 4 is 42.4 Å². The molecule has 0 atom stereocenters. The number of ether oxygens (including phenoxy) is 1. The van der Waals surface area contributed by atoms with Gasteiger partial charge in [-0.2, -0.15) is 0 Å². The topological polar surface area (TPSA) is 81.9 Å². The molecule has 0 aliphatic heterocycles. The first-order valence-electron chi connectivity index (χ1n) is 11.8. The Morgan fingerprint density at radius 2 is 1.92 bits per heavy atom. The van der Waals surface area contributed by atoms with Crippen molar-refractivity contribution in [3.8, 4) is 22.5 Å². The van der Waals surface area contributed by atoms with E-state index in [9.17, 15) is 13.6 Å². The molecule has 7 nitrogen and oxygen atoms in total. The number of carbonyl (C=O) groups is 1. The van der Waals surface area contributed by atoms with Crippen molar-refractivity contribution in [1.82, 2.24) is 19.5 Å². The molecule has 0 bridgehead atoms. The number of aromatic nitrogens is 4. The molecular weight excluding hydrogens is 516 g/mol. The van der Waals surface area contributed by atoms with Crippen LogP contribution in [0.15, 0.2) is 48.8 Å². The van der Waals surface area contributed by atoms with E-state index in [2.05, 4.69) is 39.9 Å². The van der Waals surface area contributed by atoms with Crippen LogP contribution in [0.25, 0.3) is 33.5 Å². The van der Waals surface area contributed by atoms with E-state index < -0.39 is 14.5 Å². The molecule has 0 aliphatic rings. The van der Waals surface area contributed by atoms with E-state index >= 15 is 0 Å². The number of nitrogens with one attached hydrogen (secondary N) is 1. The van der Waals surface area contributed by atoms with Crippen molar-refractivity contribution in [3.05, 3.63) is 59.5 Å². The molecule has 0 spiro atoms. The van der Waals surface area contributed by atoms with E-state index in [1.165, 1.54) is 13.0 Å². The van der Waals surface area contributed by atoms with Gasteiger partial charge < -0.3 is 14.6 Å². The molecule has 4 heterocycles. The van der Waals surface area contributed by atoms with Gasteiger partial charge in [0, 0.05) is 39.6 Å². The summed E-state index contributed by atoms with van der Waals surface area (Å²) >= 11 is 6.67. The number of carbonyl (C=O) groups excluding carboxylic acids is 1. The fourth-order valence-corrected chi connectivity index (χ4v) is 4.98. The van der Waals surface area contributed by atoms with E-state index in [0.29, 0.717) is 51.0 Å². The highest BCUT2D eigenvalue weighted by atomic mass is 35.5. The zero-order valence-corrected chi connectivity index (χ0v) is 22.8. The zero-order valence-electron chi connectivity index (χ0n) is 21.1. The normalized spacial score (nSPS) is 11.9. The van der Waals surface area contributed by atoms with Crippen molar-refractivity contribution in [1.29, 1.82) is 0 Å². The summed E-state index contributed by atoms with van der Waals surface area (Å²) in [4.78, 5) is 24.7. The summed E-state index contributed by atoms with van der Waals surface area (Å²) in [6.07, 6.45) is 0.405. The van der Waals surface area contributed by atoms with Gasteiger partial charge in [-0.25, -0.2) is 18.7 Å². The van der Waals surface area contributed by atoms with Crippen molar-refractivity contribution < 1.29 is 18.3 Å². The van der Waals surface area contributed by atoms with Gasteiger partial charge in [0.25, 0.3) is 6.43 Å². The smallest absolute Gasteiger partial charge is 0.280 e. The summed E-state index contributed by atoms with van der Waals surface area (Å²) in [6.45, 7) is 8.94. The molecule has 0 fully saturated rings. The fourth-order valence-electron chi connectivity index (χ4n) is 3.97. The molecule has 11 heteroatoms. The standard InChI is InChI=1S/C26H28ClF2N5O2Si/c1-16(35)32-21-14-17(8-10-30-21)24-22(19-6-5-7-20(33-19)26(28)29)23-25(18(27)9-11-31-23)34(24)15-36-12-13-37(2,3)4/h5-11,14,26H,12-13,15H2,1-4H3,(H,30,32,35). The van der Waals surface area contributed by atoms with Gasteiger partial charge in [0.1, 0.15) is 18.2 Å². The average molecular weight is 544 g/mol. The fraction of sp³-hybridized carbons (Fsp3) is 0.308. The summed E-state index contributed by atoms with van der Waals surface area (Å²) in [6, 6.07) is 10.6. The number of nitrogens with zero attached hydrogens (tertiary/aromatic N) is 4. The minimum Gasteiger partial charge on any atom is -0.361 e. The van der Waals surface area contributed by atoms with Crippen LogP contribution in [0.4, 0.5) is 14.6 Å². The lowest BCUT2D eigenvalue weighted by molar-refractivity contribution is -0.114. The Bertz CT molecular complexity index is 1440. The Kier molecular flexibility index (Phi) is 8.01. The predicted molar refractivity (Wildman–Crippen MR) is 145 cm³/mol. The van der Waals surface area contributed by atoms with Crippen LogP contribution in [0.1, 0.15) is 19.0 Å². The van der Waals surface area contributed by atoms with Gasteiger partial charge in [0.05, 0.1) is 33.0 Å². The van der Waals surface area contributed by atoms with Crippen LogP contribution in [-0.2, 0) is 16.3 Å². The average Bonchev–Trinajstić information content (AvgIpc) is 3.16. The molecule has 4 aromatic rings. The monoisotopic (exact) mass is 543 g/mol. The first-order chi connectivity index (χ1) is 17.5. The van der Waals surface area contributed by atoms with Crippen LogP contribution in [0, 0.1) is 0 Å². The molecule has 1 N–H and O–H groups in total.